The summed E-state index contributed by atoms with van der Waals surface area (Å²) >= 11 is 0. The molecule has 2 heteroatoms. The summed E-state index contributed by atoms with van der Waals surface area (Å²) in [6, 6.07) is 4.88. The van der Waals surface area contributed by atoms with Crippen LogP contribution < -0.4 is 0 Å². The van der Waals surface area contributed by atoms with Gasteiger partial charge in [-0.2, -0.15) is 0 Å². The lowest BCUT2D eigenvalue weighted by molar-refractivity contribution is 0.449. The van der Waals surface area contributed by atoms with Crippen LogP contribution in [0.2, 0.25) is 0 Å². The molecule has 0 saturated heterocycles. The summed E-state index contributed by atoms with van der Waals surface area (Å²) < 4.78 is 0. The Kier molecular flexibility index (Phi) is 16.0. The Morgan fingerprint density at radius 1 is 0.586 bits per heavy atom. The molecule has 0 aliphatic rings. The minimum Gasteiger partial charge on any atom is -0.508 e. The molecule has 1 aromatic carbocycles. The van der Waals surface area contributed by atoms with Gasteiger partial charge in [0.15, 0.2) is 0 Å². The van der Waals surface area contributed by atoms with Gasteiger partial charge in [0.25, 0.3) is 0 Å². The predicted octanol–water partition coefficient (Wildman–Crippen LogP) is 8.62. The van der Waals surface area contributed by atoms with Gasteiger partial charge >= 0.3 is 0 Å². The lowest BCUT2D eigenvalue weighted by atomic mass is 10.0. The SMILES string of the molecule is CCCCCC=CCC=CCCCCCCCCCCCc1cc(O)cc(O)c1. The smallest absolute Gasteiger partial charge is 0.119 e. The molecule has 1 aromatic rings. The van der Waals surface area contributed by atoms with Crippen molar-refractivity contribution in [2.45, 2.75) is 110 Å². The maximum Gasteiger partial charge on any atom is 0.119 e. The Hall–Kier alpha value is -1.70. The van der Waals surface area contributed by atoms with Gasteiger partial charge in [-0.15, -0.1) is 0 Å². The fourth-order valence-corrected chi connectivity index (χ4v) is 3.65. The molecule has 0 radical (unpaired) electrons. The van der Waals surface area contributed by atoms with Crippen LogP contribution in [0, 0.1) is 0 Å². The van der Waals surface area contributed by atoms with E-state index < -0.39 is 0 Å². The maximum absolute atomic E-state index is 9.49. The summed E-state index contributed by atoms with van der Waals surface area (Å²) in [5.74, 6) is 0.315. The van der Waals surface area contributed by atoms with Crippen LogP contribution in [0.15, 0.2) is 42.5 Å². The molecule has 0 unspecified atom stereocenters. The monoisotopic (exact) mass is 400 g/mol. The van der Waals surface area contributed by atoms with Crippen LogP contribution >= 0.6 is 0 Å². The Bertz CT molecular complexity index is 539. The first-order valence-corrected chi connectivity index (χ1v) is 12.0. The first kappa shape index (κ1) is 25.3. The second kappa shape index (κ2) is 18.3. The Morgan fingerprint density at radius 2 is 1.07 bits per heavy atom. The predicted molar refractivity (Wildman–Crippen MR) is 127 cm³/mol. The minimum atomic E-state index is 0.158. The number of hydrogen-bond acceptors (Lipinski definition) is 2. The van der Waals surface area contributed by atoms with Crippen LogP contribution in [-0.4, -0.2) is 10.2 Å². The number of allylic oxidation sites excluding steroid dienone is 4. The molecule has 1 rings (SSSR count). The lowest BCUT2D eigenvalue weighted by Crippen LogP contribution is -1.87. The summed E-state index contributed by atoms with van der Waals surface area (Å²) in [6.45, 7) is 2.25. The van der Waals surface area contributed by atoms with Gasteiger partial charge < -0.3 is 10.2 Å². The number of aryl methyl sites for hydroxylation is 1. The normalized spacial score (nSPS) is 11.8. The Morgan fingerprint density at radius 3 is 1.62 bits per heavy atom. The van der Waals surface area contributed by atoms with Crippen molar-refractivity contribution >= 4 is 0 Å². The number of phenols is 2. The van der Waals surface area contributed by atoms with Crippen LogP contribution in [0.3, 0.4) is 0 Å². The van der Waals surface area contributed by atoms with Crippen LogP contribution in [0.25, 0.3) is 0 Å². The van der Waals surface area contributed by atoms with Crippen LogP contribution in [-0.2, 0) is 6.42 Å². The number of benzene rings is 1. The number of aromatic hydroxyl groups is 2. The second-order valence-electron chi connectivity index (χ2n) is 8.25. The Balaban J connectivity index is 1.82. The molecular weight excluding hydrogens is 356 g/mol. The van der Waals surface area contributed by atoms with Gasteiger partial charge in [-0.1, -0.05) is 89.0 Å². The quantitative estimate of drug-likeness (QED) is 0.191. The van der Waals surface area contributed by atoms with Crippen molar-refractivity contribution < 1.29 is 10.2 Å². The van der Waals surface area contributed by atoms with Gasteiger partial charge in [-0.25, -0.2) is 0 Å². The zero-order chi connectivity index (χ0) is 21.0. The lowest BCUT2D eigenvalue weighted by Gasteiger charge is -2.04. The average Bonchev–Trinajstić information content (AvgIpc) is 2.69. The minimum absolute atomic E-state index is 0.158. The van der Waals surface area contributed by atoms with E-state index in [1.165, 1.54) is 89.5 Å². The van der Waals surface area contributed by atoms with Crippen molar-refractivity contribution in [3.8, 4) is 11.5 Å². The third kappa shape index (κ3) is 15.9. The number of hydrogen-bond donors (Lipinski definition) is 2. The molecule has 29 heavy (non-hydrogen) atoms. The molecule has 0 amide bonds. The van der Waals surface area contributed by atoms with E-state index >= 15 is 0 Å². The maximum atomic E-state index is 9.49. The number of unbranched alkanes of at least 4 members (excludes halogenated alkanes) is 12. The third-order valence-electron chi connectivity index (χ3n) is 5.38. The number of rotatable bonds is 18. The molecule has 0 saturated carbocycles. The van der Waals surface area contributed by atoms with E-state index in [1.54, 1.807) is 12.1 Å². The number of phenolic OH excluding ortho intramolecular Hbond substituents is 2. The topological polar surface area (TPSA) is 40.5 Å². The van der Waals surface area contributed by atoms with Gasteiger partial charge in [0.05, 0.1) is 0 Å². The van der Waals surface area contributed by atoms with Crippen molar-refractivity contribution in [3.63, 3.8) is 0 Å². The summed E-state index contributed by atoms with van der Waals surface area (Å²) in [5, 5.41) is 19.0. The molecule has 0 spiro atoms. The van der Waals surface area contributed by atoms with E-state index in [4.69, 9.17) is 0 Å². The fraction of sp³-hybridized carbons (Fsp3) is 0.630. The largest absolute Gasteiger partial charge is 0.508 e. The van der Waals surface area contributed by atoms with Crippen molar-refractivity contribution in [3.05, 3.63) is 48.1 Å². The summed E-state index contributed by atoms with van der Waals surface area (Å²) in [4.78, 5) is 0. The highest BCUT2D eigenvalue weighted by Gasteiger charge is 1.99. The van der Waals surface area contributed by atoms with Crippen molar-refractivity contribution in [2.24, 2.45) is 0 Å². The van der Waals surface area contributed by atoms with Crippen molar-refractivity contribution in [1.29, 1.82) is 0 Å². The Labute approximate surface area is 179 Å². The fourth-order valence-electron chi connectivity index (χ4n) is 3.65. The zero-order valence-electron chi connectivity index (χ0n) is 18.7. The van der Waals surface area contributed by atoms with E-state index in [2.05, 4.69) is 31.2 Å². The standard InChI is InChI=1S/C27H44O2/c1-2-3-4-5-6-7-8-9-10-11-12-13-14-15-16-17-18-19-20-21-25-22-26(28)24-27(29)23-25/h6-7,9-10,22-24,28-29H,2-5,8,11-21H2,1H3. The summed E-state index contributed by atoms with van der Waals surface area (Å²) in [7, 11) is 0. The molecule has 0 aromatic heterocycles. The molecule has 0 aliphatic heterocycles. The van der Waals surface area contributed by atoms with Crippen LogP contribution in [0.5, 0.6) is 11.5 Å². The van der Waals surface area contributed by atoms with E-state index in [9.17, 15) is 10.2 Å². The zero-order valence-corrected chi connectivity index (χ0v) is 18.7. The van der Waals surface area contributed by atoms with Crippen molar-refractivity contribution in [2.75, 3.05) is 0 Å². The summed E-state index contributed by atoms with van der Waals surface area (Å²) in [6.07, 6.45) is 29.5. The molecular formula is C27H44O2. The summed E-state index contributed by atoms with van der Waals surface area (Å²) in [5.41, 5.74) is 1.03. The average molecular weight is 401 g/mol. The first-order valence-electron chi connectivity index (χ1n) is 12.0. The van der Waals surface area contributed by atoms with Gasteiger partial charge in [-0.3, -0.25) is 0 Å². The van der Waals surface area contributed by atoms with E-state index in [0.717, 1.165) is 24.8 Å². The molecule has 0 heterocycles. The highest BCUT2D eigenvalue weighted by atomic mass is 16.3. The molecule has 164 valence electrons. The van der Waals surface area contributed by atoms with Crippen molar-refractivity contribution in [1.82, 2.24) is 0 Å². The first-order chi connectivity index (χ1) is 14.2. The molecule has 2 N–H and O–H groups in total. The molecule has 0 atom stereocenters. The van der Waals surface area contributed by atoms with E-state index in [1.807, 2.05) is 0 Å². The highest BCUT2D eigenvalue weighted by molar-refractivity contribution is 5.36. The van der Waals surface area contributed by atoms with E-state index in [-0.39, 0.29) is 11.5 Å². The van der Waals surface area contributed by atoms with Crippen LogP contribution in [0.1, 0.15) is 109 Å². The third-order valence-corrected chi connectivity index (χ3v) is 5.38. The second-order valence-corrected chi connectivity index (χ2v) is 8.25. The van der Waals surface area contributed by atoms with Gasteiger partial charge in [0.2, 0.25) is 0 Å². The van der Waals surface area contributed by atoms with Gasteiger partial charge in [0, 0.05) is 6.07 Å². The van der Waals surface area contributed by atoms with Crippen LogP contribution in [0.4, 0.5) is 0 Å². The molecule has 0 aliphatic carbocycles. The van der Waals surface area contributed by atoms with Gasteiger partial charge in [-0.05, 0) is 62.6 Å². The molecule has 0 bridgehead atoms. The molecule has 2 nitrogen and oxygen atoms in total. The van der Waals surface area contributed by atoms with E-state index in [0.29, 0.717) is 0 Å². The highest BCUT2D eigenvalue weighted by Crippen LogP contribution is 2.22. The molecule has 0 fully saturated rings. The van der Waals surface area contributed by atoms with Gasteiger partial charge in [0.1, 0.15) is 11.5 Å².